The first-order valence-electron chi connectivity index (χ1n) is 4.35. The normalized spacial score (nSPS) is 24.1. The summed E-state index contributed by atoms with van der Waals surface area (Å²) in [5.74, 6) is 0.429. The highest BCUT2D eigenvalue weighted by molar-refractivity contribution is 9.10. The maximum Gasteiger partial charge on any atom is 0.107 e. The Balaban J connectivity index is 2.13. The summed E-state index contributed by atoms with van der Waals surface area (Å²) in [5, 5.41) is 0.0336. The van der Waals surface area contributed by atoms with Crippen LogP contribution in [0.15, 0.2) is 10.5 Å². The van der Waals surface area contributed by atoms with E-state index in [1.807, 2.05) is 6.07 Å². The molecule has 0 amide bonds. The predicted molar refractivity (Wildman–Crippen MR) is 64.5 cm³/mol. The van der Waals surface area contributed by atoms with Crippen LogP contribution >= 0.6 is 50.5 Å². The topological polar surface area (TPSA) is 9.23 Å². The lowest BCUT2D eigenvalue weighted by Crippen LogP contribution is -2.05. The van der Waals surface area contributed by atoms with Crippen molar-refractivity contribution in [2.75, 3.05) is 13.2 Å². The van der Waals surface area contributed by atoms with Gasteiger partial charge in [0.1, 0.15) is 4.34 Å². The van der Waals surface area contributed by atoms with E-state index in [0.29, 0.717) is 5.92 Å². The average molecular weight is 316 g/mol. The summed E-state index contributed by atoms with van der Waals surface area (Å²) in [6, 6.07) is 2.00. The molecule has 0 N–H and O–H groups in total. The lowest BCUT2D eigenvalue weighted by molar-refractivity contribution is 0.185. The molecular weight excluding hydrogens is 307 g/mol. The fraction of sp³-hybridized carbons (Fsp3) is 0.556. The van der Waals surface area contributed by atoms with E-state index in [9.17, 15) is 0 Å². The van der Waals surface area contributed by atoms with Crippen LogP contribution in [0.5, 0.6) is 0 Å². The largest absolute Gasteiger partial charge is 0.381 e. The molecule has 2 unspecified atom stereocenters. The molecule has 2 heterocycles. The third kappa shape index (κ3) is 2.27. The number of hydrogen-bond acceptors (Lipinski definition) is 2. The van der Waals surface area contributed by atoms with E-state index in [2.05, 4.69) is 15.9 Å². The van der Waals surface area contributed by atoms with Crippen molar-refractivity contribution in [2.24, 2.45) is 5.92 Å². The van der Waals surface area contributed by atoms with Crippen molar-refractivity contribution >= 4 is 50.5 Å². The molecule has 1 aliphatic heterocycles. The second kappa shape index (κ2) is 4.71. The van der Waals surface area contributed by atoms with Crippen LogP contribution in [-0.2, 0) is 4.74 Å². The summed E-state index contributed by atoms with van der Waals surface area (Å²) in [7, 11) is 0. The molecule has 1 aromatic heterocycles. The lowest BCUT2D eigenvalue weighted by Gasteiger charge is -2.12. The molecule has 0 aliphatic carbocycles. The summed E-state index contributed by atoms with van der Waals surface area (Å²) in [6.07, 6.45) is 1.04. The van der Waals surface area contributed by atoms with Crippen molar-refractivity contribution in [3.8, 4) is 0 Å². The number of rotatable bonds is 2. The van der Waals surface area contributed by atoms with E-state index in [-0.39, 0.29) is 5.38 Å². The minimum atomic E-state index is 0.0336. The molecule has 1 aliphatic rings. The van der Waals surface area contributed by atoms with Crippen molar-refractivity contribution in [3.63, 3.8) is 0 Å². The Kier molecular flexibility index (Phi) is 3.77. The quantitative estimate of drug-likeness (QED) is 0.731. The van der Waals surface area contributed by atoms with Gasteiger partial charge in [0.2, 0.25) is 0 Å². The highest BCUT2D eigenvalue weighted by Gasteiger charge is 2.27. The molecule has 1 saturated heterocycles. The van der Waals surface area contributed by atoms with Crippen LogP contribution in [0.2, 0.25) is 4.34 Å². The van der Waals surface area contributed by atoms with E-state index >= 15 is 0 Å². The molecule has 2 atom stereocenters. The molecular formula is C9H9BrCl2OS. The van der Waals surface area contributed by atoms with Gasteiger partial charge >= 0.3 is 0 Å². The van der Waals surface area contributed by atoms with Crippen LogP contribution in [0.1, 0.15) is 16.7 Å². The fourth-order valence-corrected chi connectivity index (χ4v) is 3.72. The number of thiophene rings is 1. The third-order valence-electron chi connectivity index (χ3n) is 2.31. The van der Waals surface area contributed by atoms with E-state index < -0.39 is 0 Å². The molecule has 0 saturated carbocycles. The molecule has 0 aromatic carbocycles. The second-order valence-electron chi connectivity index (χ2n) is 3.30. The summed E-state index contributed by atoms with van der Waals surface area (Å²) in [4.78, 5) is 1.12. The zero-order chi connectivity index (χ0) is 10.1. The van der Waals surface area contributed by atoms with Gasteiger partial charge in [-0.25, -0.2) is 0 Å². The minimum absolute atomic E-state index is 0.0336. The van der Waals surface area contributed by atoms with Crippen molar-refractivity contribution in [2.45, 2.75) is 11.8 Å². The third-order valence-corrected chi connectivity index (χ3v) is 5.59. The number of ether oxygens (including phenoxy) is 1. The number of halogens is 3. The average Bonchev–Trinajstić information content (AvgIpc) is 2.76. The molecule has 0 spiro atoms. The standard InChI is InChI=1S/C9H9BrCl2OS/c10-6-3-7(14-9(6)12)8(11)5-1-2-13-4-5/h3,5,8H,1-2,4H2. The molecule has 1 aromatic rings. The van der Waals surface area contributed by atoms with Gasteiger partial charge in [-0.05, 0) is 28.4 Å². The second-order valence-corrected chi connectivity index (χ2v) is 6.31. The first-order valence-corrected chi connectivity index (χ1v) is 6.77. The summed E-state index contributed by atoms with van der Waals surface area (Å²) in [5.41, 5.74) is 0. The molecule has 78 valence electrons. The Morgan fingerprint density at radius 3 is 2.93 bits per heavy atom. The lowest BCUT2D eigenvalue weighted by atomic mass is 10.0. The SMILES string of the molecule is Clc1sc(C(Cl)C2CCOC2)cc1Br. The van der Waals surface area contributed by atoms with Crippen LogP contribution in [0, 0.1) is 5.92 Å². The zero-order valence-corrected chi connectivity index (χ0v) is 11.2. The highest BCUT2D eigenvalue weighted by atomic mass is 79.9. The first kappa shape index (κ1) is 11.2. The molecule has 1 fully saturated rings. The van der Waals surface area contributed by atoms with Gasteiger partial charge in [-0.1, -0.05) is 11.6 Å². The Bertz CT molecular complexity index is 303. The van der Waals surface area contributed by atoms with Gasteiger partial charge in [0.25, 0.3) is 0 Å². The highest BCUT2D eigenvalue weighted by Crippen LogP contribution is 2.42. The van der Waals surface area contributed by atoms with Crippen molar-refractivity contribution in [1.29, 1.82) is 0 Å². The summed E-state index contributed by atoms with van der Waals surface area (Å²) < 4.78 is 7.01. The maximum atomic E-state index is 6.35. The Labute approximate surface area is 105 Å². The Morgan fingerprint density at radius 2 is 2.43 bits per heavy atom. The van der Waals surface area contributed by atoms with Gasteiger partial charge in [0, 0.05) is 21.9 Å². The van der Waals surface area contributed by atoms with E-state index in [4.69, 9.17) is 27.9 Å². The van der Waals surface area contributed by atoms with Crippen LogP contribution < -0.4 is 0 Å². The maximum absolute atomic E-state index is 6.35. The Hall–Kier alpha value is 0.720. The van der Waals surface area contributed by atoms with Crippen LogP contribution in [-0.4, -0.2) is 13.2 Å². The van der Waals surface area contributed by atoms with Gasteiger partial charge in [-0.3, -0.25) is 0 Å². The fourth-order valence-electron chi connectivity index (χ4n) is 1.52. The molecule has 1 nitrogen and oxygen atoms in total. The molecule has 0 radical (unpaired) electrons. The first-order chi connectivity index (χ1) is 6.68. The van der Waals surface area contributed by atoms with Gasteiger partial charge < -0.3 is 4.74 Å². The summed E-state index contributed by atoms with van der Waals surface area (Å²) >= 11 is 17.2. The number of alkyl halides is 1. The zero-order valence-electron chi connectivity index (χ0n) is 7.30. The van der Waals surface area contributed by atoms with Gasteiger partial charge in [-0.2, -0.15) is 0 Å². The summed E-state index contributed by atoms with van der Waals surface area (Å²) in [6.45, 7) is 1.59. The van der Waals surface area contributed by atoms with Gasteiger partial charge in [-0.15, -0.1) is 22.9 Å². The van der Waals surface area contributed by atoms with E-state index in [1.165, 1.54) is 0 Å². The van der Waals surface area contributed by atoms with Crippen molar-refractivity contribution in [1.82, 2.24) is 0 Å². The van der Waals surface area contributed by atoms with Gasteiger partial charge in [0.05, 0.1) is 12.0 Å². The molecule has 5 heteroatoms. The molecule has 2 rings (SSSR count). The van der Waals surface area contributed by atoms with Crippen LogP contribution in [0.25, 0.3) is 0 Å². The van der Waals surface area contributed by atoms with Crippen LogP contribution in [0.3, 0.4) is 0 Å². The number of hydrogen-bond donors (Lipinski definition) is 0. The van der Waals surface area contributed by atoms with Crippen molar-refractivity contribution in [3.05, 3.63) is 19.8 Å². The Morgan fingerprint density at radius 1 is 1.64 bits per heavy atom. The monoisotopic (exact) mass is 314 g/mol. The van der Waals surface area contributed by atoms with E-state index in [1.54, 1.807) is 11.3 Å². The minimum Gasteiger partial charge on any atom is -0.381 e. The smallest absolute Gasteiger partial charge is 0.107 e. The van der Waals surface area contributed by atoms with Gasteiger partial charge in [0.15, 0.2) is 0 Å². The van der Waals surface area contributed by atoms with E-state index in [0.717, 1.165) is 33.3 Å². The molecule has 14 heavy (non-hydrogen) atoms. The molecule has 0 bridgehead atoms. The van der Waals surface area contributed by atoms with Crippen molar-refractivity contribution < 1.29 is 4.74 Å². The predicted octanol–water partition coefficient (Wildman–Crippen LogP) is 4.48. The van der Waals surface area contributed by atoms with Crippen LogP contribution in [0.4, 0.5) is 0 Å².